The minimum absolute atomic E-state index is 0.0119. The minimum atomic E-state index is -0.741. The molecule has 5 aliphatic carbocycles. The maximum absolute atomic E-state index is 13.5. The number of fused-ring (bicyclic) bond motifs is 5. The predicted octanol–water partition coefficient (Wildman–Crippen LogP) is 4.49. The standard InChI is InChI=1S/C27H44O4/c1-16(5-4-10-27(31)13-14-27)17-6-7-18-23-19(8-11-25(17,18)2)26(3)12-9-21(28)24(30)20(26)15-22(23)29/h16-21,23-24,28,30-31H,4-15H2,1-3H3/t16-,17-,18+,19+,20+,21+,23+,24-,25-,26-/m1/s1. The average molecular weight is 433 g/mol. The molecule has 0 spiro atoms. The number of Topliss-reactive ketones (excluding diaryl/α,β-unsaturated/α-hetero) is 1. The largest absolute Gasteiger partial charge is 0.390 e. The summed E-state index contributed by atoms with van der Waals surface area (Å²) in [6.45, 7) is 7.22. The molecule has 0 heterocycles. The molecular formula is C27H44O4. The first kappa shape index (κ1) is 22.3. The van der Waals surface area contributed by atoms with Crippen LogP contribution < -0.4 is 0 Å². The summed E-state index contributed by atoms with van der Waals surface area (Å²) >= 11 is 0. The van der Waals surface area contributed by atoms with Crippen LogP contribution in [0.5, 0.6) is 0 Å². The van der Waals surface area contributed by atoms with Crippen molar-refractivity contribution in [3.05, 3.63) is 0 Å². The summed E-state index contributed by atoms with van der Waals surface area (Å²) in [5, 5.41) is 31.2. The van der Waals surface area contributed by atoms with E-state index in [2.05, 4.69) is 20.8 Å². The highest BCUT2D eigenvalue weighted by Gasteiger charge is 2.64. The highest BCUT2D eigenvalue weighted by Crippen LogP contribution is 2.67. The Labute approximate surface area is 188 Å². The van der Waals surface area contributed by atoms with Gasteiger partial charge in [0.1, 0.15) is 5.78 Å². The van der Waals surface area contributed by atoms with Crippen molar-refractivity contribution in [2.75, 3.05) is 0 Å². The molecule has 0 aromatic heterocycles. The van der Waals surface area contributed by atoms with E-state index >= 15 is 0 Å². The lowest BCUT2D eigenvalue weighted by Gasteiger charge is -2.61. The van der Waals surface area contributed by atoms with Gasteiger partial charge in [0.25, 0.3) is 0 Å². The molecule has 5 saturated carbocycles. The van der Waals surface area contributed by atoms with Gasteiger partial charge in [-0.1, -0.05) is 33.6 Å². The van der Waals surface area contributed by atoms with Gasteiger partial charge < -0.3 is 15.3 Å². The molecule has 5 fully saturated rings. The molecule has 4 heteroatoms. The number of carbonyl (C=O) groups excluding carboxylic acids is 1. The van der Waals surface area contributed by atoms with Crippen molar-refractivity contribution in [2.45, 2.75) is 116 Å². The second-order valence-electron chi connectivity index (χ2n) is 12.9. The molecule has 0 aromatic carbocycles. The van der Waals surface area contributed by atoms with Gasteiger partial charge in [-0.2, -0.15) is 0 Å². The van der Waals surface area contributed by atoms with Crippen LogP contribution in [0.4, 0.5) is 0 Å². The van der Waals surface area contributed by atoms with E-state index < -0.39 is 12.2 Å². The van der Waals surface area contributed by atoms with Gasteiger partial charge in [-0.25, -0.2) is 0 Å². The molecule has 10 atom stereocenters. The lowest BCUT2D eigenvalue weighted by Crippen LogP contribution is -2.61. The molecule has 0 aliphatic heterocycles. The molecule has 0 bridgehead atoms. The van der Waals surface area contributed by atoms with Crippen molar-refractivity contribution in [1.29, 1.82) is 0 Å². The van der Waals surface area contributed by atoms with Gasteiger partial charge >= 0.3 is 0 Å². The number of aliphatic hydroxyl groups excluding tert-OH is 2. The molecule has 0 amide bonds. The van der Waals surface area contributed by atoms with Crippen molar-refractivity contribution in [3.63, 3.8) is 0 Å². The first-order chi connectivity index (χ1) is 14.6. The van der Waals surface area contributed by atoms with E-state index in [1.165, 1.54) is 25.7 Å². The van der Waals surface area contributed by atoms with Crippen molar-refractivity contribution in [2.24, 2.45) is 46.3 Å². The first-order valence-electron chi connectivity index (χ1n) is 13.2. The Morgan fingerprint density at radius 1 is 0.935 bits per heavy atom. The second kappa shape index (κ2) is 7.53. The lowest BCUT2D eigenvalue weighted by molar-refractivity contribution is -0.182. The van der Waals surface area contributed by atoms with Gasteiger partial charge in [0.2, 0.25) is 0 Å². The molecule has 31 heavy (non-hydrogen) atoms. The molecule has 3 N–H and O–H groups in total. The molecular weight excluding hydrogens is 388 g/mol. The van der Waals surface area contributed by atoms with E-state index in [-0.39, 0.29) is 28.3 Å². The predicted molar refractivity (Wildman–Crippen MR) is 120 cm³/mol. The number of hydrogen-bond acceptors (Lipinski definition) is 4. The van der Waals surface area contributed by atoms with Crippen LogP contribution in [0.15, 0.2) is 0 Å². The summed E-state index contributed by atoms with van der Waals surface area (Å²) < 4.78 is 0. The summed E-state index contributed by atoms with van der Waals surface area (Å²) in [4.78, 5) is 13.5. The minimum Gasteiger partial charge on any atom is -0.390 e. The van der Waals surface area contributed by atoms with Gasteiger partial charge in [-0.15, -0.1) is 0 Å². The van der Waals surface area contributed by atoms with Crippen LogP contribution in [0.2, 0.25) is 0 Å². The fourth-order valence-electron chi connectivity index (χ4n) is 9.29. The second-order valence-corrected chi connectivity index (χ2v) is 12.9. The van der Waals surface area contributed by atoms with Gasteiger partial charge in [-0.3, -0.25) is 4.79 Å². The summed E-state index contributed by atoms with van der Waals surface area (Å²) in [5.74, 6) is 2.66. The molecule has 0 aromatic rings. The Morgan fingerprint density at radius 2 is 1.61 bits per heavy atom. The van der Waals surface area contributed by atoms with Crippen molar-refractivity contribution < 1.29 is 20.1 Å². The van der Waals surface area contributed by atoms with Crippen LogP contribution in [0.1, 0.15) is 97.8 Å². The van der Waals surface area contributed by atoms with E-state index in [9.17, 15) is 20.1 Å². The average Bonchev–Trinajstić information content (AvgIpc) is 3.34. The first-order valence-corrected chi connectivity index (χ1v) is 13.2. The summed E-state index contributed by atoms with van der Waals surface area (Å²) in [7, 11) is 0. The molecule has 4 nitrogen and oxygen atoms in total. The summed E-state index contributed by atoms with van der Waals surface area (Å²) in [6.07, 6.45) is 10.6. The molecule has 0 radical (unpaired) electrons. The van der Waals surface area contributed by atoms with Crippen LogP contribution in [0.3, 0.4) is 0 Å². The van der Waals surface area contributed by atoms with Crippen LogP contribution in [0.25, 0.3) is 0 Å². The molecule has 5 aliphatic rings. The van der Waals surface area contributed by atoms with Gasteiger partial charge in [-0.05, 0) is 98.2 Å². The van der Waals surface area contributed by atoms with E-state index in [1.54, 1.807) is 0 Å². The number of hydrogen-bond donors (Lipinski definition) is 3. The molecule has 0 unspecified atom stereocenters. The van der Waals surface area contributed by atoms with Crippen LogP contribution >= 0.6 is 0 Å². The Bertz CT molecular complexity index is 716. The van der Waals surface area contributed by atoms with Crippen molar-refractivity contribution in [3.8, 4) is 0 Å². The highest BCUT2D eigenvalue weighted by molar-refractivity contribution is 5.83. The third-order valence-corrected chi connectivity index (χ3v) is 11.4. The number of carbonyl (C=O) groups is 1. The normalized spacial score (nSPS) is 51.5. The number of ketones is 1. The molecule has 5 rings (SSSR count). The topological polar surface area (TPSA) is 77.8 Å². The van der Waals surface area contributed by atoms with Crippen LogP contribution in [0, 0.1) is 46.3 Å². The Kier molecular flexibility index (Phi) is 5.43. The number of aliphatic hydroxyl groups is 3. The zero-order valence-corrected chi connectivity index (χ0v) is 19.9. The molecule has 176 valence electrons. The third kappa shape index (κ3) is 3.46. The zero-order chi connectivity index (χ0) is 22.2. The van der Waals surface area contributed by atoms with E-state index in [1.807, 2.05) is 0 Å². The SMILES string of the molecule is C[C@H](CCCC1(O)CC1)[C@H]1CC[C@H]2[C@@H]3C(=O)C[C@H]4[C@@H](O)[C@@H](O)CC[C@]4(C)[C@H]3CC[C@]12C. The van der Waals surface area contributed by atoms with Gasteiger partial charge in [0.15, 0.2) is 0 Å². The maximum atomic E-state index is 13.5. The Balaban J connectivity index is 1.32. The quantitative estimate of drug-likeness (QED) is 0.598. The maximum Gasteiger partial charge on any atom is 0.136 e. The van der Waals surface area contributed by atoms with E-state index in [0.29, 0.717) is 42.3 Å². The highest BCUT2D eigenvalue weighted by atomic mass is 16.3. The smallest absolute Gasteiger partial charge is 0.136 e. The van der Waals surface area contributed by atoms with Crippen LogP contribution in [-0.2, 0) is 4.79 Å². The van der Waals surface area contributed by atoms with Gasteiger partial charge in [0, 0.05) is 12.3 Å². The third-order valence-electron chi connectivity index (χ3n) is 11.4. The number of rotatable bonds is 5. The fourth-order valence-corrected chi connectivity index (χ4v) is 9.29. The van der Waals surface area contributed by atoms with Crippen LogP contribution in [-0.4, -0.2) is 38.9 Å². The van der Waals surface area contributed by atoms with Crippen molar-refractivity contribution in [1.82, 2.24) is 0 Å². The lowest BCUT2D eigenvalue weighted by atomic mass is 9.43. The van der Waals surface area contributed by atoms with E-state index in [0.717, 1.165) is 38.5 Å². The Hall–Kier alpha value is -0.450. The van der Waals surface area contributed by atoms with E-state index in [4.69, 9.17) is 0 Å². The zero-order valence-electron chi connectivity index (χ0n) is 19.9. The summed E-state index contributed by atoms with van der Waals surface area (Å²) in [5.41, 5.74) is -0.0940. The summed E-state index contributed by atoms with van der Waals surface area (Å²) in [6, 6.07) is 0. The Morgan fingerprint density at radius 3 is 2.32 bits per heavy atom. The fraction of sp³-hybridized carbons (Fsp3) is 0.963. The van der Waals surface area contributed by atoms with Gasteiger partial charge in [0.05, 0.1) is 17.8 Å². The monoisotopic (exact) mass is 432 g/mol. The van der Waals surface area contributed by atoms with Crippen molar-refractivity contribution >= 4 is 5.78 Å². The molecule has 0 saturated heterocycles.